The SMILES string of the molecule is C[C@@H]1CC2C[C@@H](C1)[C@]1(c3ccccc3-c3ccc(-c4ccc(N(c5ccc(-c6ccccc6)cc5)c5ccc(-c6ccc7c(c6)[C@@H]([C@@H]6CC8CCC[C@@H](C8)C6)c6ccccc6-7)cc5)cc4)cc31)[C@@H](C)C2. The molecule has 1 spiro atoms. The normalized spacial score (nSPS) is 26.8. The predicted octanol–water partition coefficient (Wildman–Crippen LogP) is 18.8. The van der Waals surface area contributed by atoms with Gasteiger partial charge in [0.1, 0.15) is 0 Å². The molecule has 4 saturated carbocycles. The van der Waals surface area contributed by atoms with E-state index >= 15 is 0 Å². The first-order valence-corrected chi connectivity index (χ1v) is 27.1. The van der Waals surface area contributed by atoms with Crippen LogP contribution in [0, 0.1) is 41.4 Å². The maximum absolute atomic E-state index is 2.61. The Kier molecular flexibility index (Phi) is 10.2. The Balaban J connectivity index is 0.811. The second kappa shape index (κ2) is 16.9. The molecule has 6 aliphatic carbocycles. The Bertz CT molecular complexity index is 3220. The Morgan fingerprint density at radius 3 is 1.60 bits per heavy atom. The molecule has 8 aromatic rings. The second-order valence-corrected chi connectivity index (χ2v) is 23.0. The Hall–Kier alpha value is -6.44. The van der Waals surface area contributed by atoms with Crippen molar-refractivity contribution in [3.8, 4) is 55.6 Å². The van der Waals surface area contributed by atoms with E-state index in [0.29, 0.717) is 17.8 Å². The maximum Gasteiger partial charge on any atom is 0.0462 e. The molecule has 70 heavy (non-hydrogen) atoms. The van der Waals surface area contributed by atoms with E-state index in [-0.39, 0.29) is 5.41 Å². The van der Waals surface area contributed by atoms with Crippen LogP contribution in [0.25, 0.3) is 55.6 Å². The quantitative estimate of drug-likeness (QED) is 0.154. The smallest absolute Gasteiger partial charge is 0.0462 e. The van der Waals surface area contributed by atoms with Crippen molar-refractivity contribution in [2.24, 2.45) is 41.4 Å². The van der Waals surface area contributed by atoms with Gasteiger partial charge in [-0.05, 0) is 213 Å². The van der Waals surface area contributed by atoms with Gasteiger partial charge in [0.05, 0.1) is 0 Å². The molecule has 0 amide bonds. The summed E-state index contributed by atoms with van der Waals surface area (Å²) in [4.78, 5) is 2.44. The molecule has 0 aliphatic heterocycles. The molecule has 2 unspecified atom stereocenters. The van der Waals surface area contributed by atoms with Crippen LogP contribution in [0.3, 0.4) is 0 Å². The summed E-state index contributed by atoms with van der Waals surface area (Å²) in [7, 11) is 0. The van der Waals surface area contributed by atoms with Gasteiger partial charge in [-0.15, -0.1) is 0 Å². The van der Waals surface area contributed by atoms with Crippen LogP contribution in [0.5, 0.6) is 0 Å². The zero-order chi connectivity index (χ0) is 46.5. The minimum absolute atomic E-state index is 0.0863. The summed E-state index contributed by atoms with van der Waals surface area (Å²) in [6.45, 7) is 5.10. The predicted molar refractivity (Wildman–Crippen MR) is 293 cm³/mol. The molecule has 0 aromatic heterocycles. The van der Waals surface area contributed by atoms with Gasteiger partial charge in [0.2, 0.25) is 0 Å². The lowest BCUT2D eigenvalue weighted by Gasteiger charge is -2.54. The van der Waals surface area contributed by atoms with E-state index in [1.807, 2.05) is 0 Å². The molecule has 1 heteroatoms. The molecule has 4 bridgehead atoms. The summed E-state index contributed by atoms with van der Waals surface area (Å²) >= 11 is 0. The highest BCUT2D eigenvalue weighted by molar-refractivity contribution is 5.87. The van der Waals surface area contributed by atoms with Crippen LogP contribution in [0.2, 0.25) is 0 Å². The van der Waals surface area contributed by atoms with Gasteiger partial charge in [0.25, 0.3) is 0 Å². The van der Waals surface area contributed by atoms with Crippen molar-refractivity contribution >= 4 is 17.1 Å². The molecular weight excluding hydrogens is 843 g/mol. The Morgan fingerprint density at radius 2 is 0.914 bits per heavy atom. The van der Waals surface area contributed by atoms with Crippen molar-refractivity contribution in [2.75, 3.05) is 4.90 Å². The highest BCUT2D eigenvalue weighted by atomic mass is 15.1. The Morgan fingerprint density at radius 1 is 0.386 bits per heavy atom. The van der Waals surface area contributed by atoms with Crippen molar-refractivity contribution in [1.29, 1.82) is 0 Å². The van der Waals surface area contributed by atoms with Crippen LogP contribution >= 0.6 is 0 Å². The minimum atomic E-state index is 0.0863. The van der Waals surface area contributed by atoms with E-state index < -0.39 is 0 Å². The molecule has 0 radical (unpaired) electrons. The summed E-state index contributed by atoms with van der Waals surface area (Å²) in [5.74, 6) is 6.04. The fraction of sp³-hybridized carbons (Fsp3) is 0.304. The number of benzene rings is 8. The topological polar surface area (TPSA) is 3.24 Å². The van der Waals surface area contributed by atoms with Crippen molar-refractivity contribution in [1.82, 2.24) is 0 Å². The van der Waals surface area contributed by atoms with Gasteiger partial charge in [-0.25, -0.2) is 0 Å². The lowest BCUT2D eigenvalue weighted by Crippen LogP contribution is -2.49. The van der Waals surface area contributed by atoms with Gasteiger partial charge < -0.3 is 4.90 Å². The highest BCUT2D eigenvalue weighted by Crippen LogP contribution is 2.65. The third-order valence-electron chi connectivity index (χ3n) is 19.0. The monoisotopic (exact) mass is 908 g/mol. The summed E-state index contributed by atoms with van der Waals surface area (Å²) in [5, 5.41) is 0. The standard InChI is InChI=1S/C69H65N/c1-44-35-48-37-45(2)69(56(36-44)41-48)66-18-9-8-16-62(66)63-34-26-54(43-67(63)69)52-23-31-59(32-24-52)70(57-27-19-50(20-28-57)49-13-4-3-5-14-49)58-29-21-51(22-30-58)53-25-33-61-60-15-6-7-17-64(60)68(65(61)42-53)55-39-46-11-10-12-47(38-46)40-55/h3-9,13-34,42-48,55-56,68H,10-12,35-41H2,1-2H3/t44-,45+,46+,47?,48?,55+,56-,68+,69+/m1/s1. The largest absolute Gasteiger partial charge is 0.311 e. The number of nitrogens with zero attached hydrogens (tertiary/aromatic N) is 1. The number of hydrogen-bond acceptors (Lipinski definition) is 1. The van der Waals surface area contributed by atoms with E-state index in [4.69, 9.17) is 0 Å². The highest BCUT2D eigenvalue weighted by Gasteiger charge is 2.56. The summed E-state index contributed by atoms with van der Waals surface area (Å²) in [6.07, 6.45) is 14.0. The average molecular weight is 908 g/mol. The first-order chi connectivity index (χ1) is 34.5. The van der Waals surface area contributed by atoms with Gasteiger partial charge in [-0.2, -0.15) is 0 Å². The van der Waals surface area contributed by atoms with Crippen molar-refractivity contribution < 1.29 is 0 Å². The summed E-state index contributed by atoms with van der Waals surface area (Å²) in [5.41, 5.74) is 23.4. The molecule has 346 valence electrons. The first kappa shape index (κ1) is 42.4. The number of anilines is 3. The maximum atomic E-state index is 2.61. The van der Waals surface area contributed by atoms with Crippen LogP contribution in [0.4, 0.5) is 17.1 Å². The molecule has 8 aromatic carbocycles. The number of rotatable bonds is 7. The third-order valence-corrected chi connectivity index (χ3v) is 19.0. The van der Waals surface area contributed by atoms with Gasteiger partial charge in [-0.1, -0.05) is 173 Å². The zero-order valence-corrected chi connectivity index (χ0v) is 41.0. The lowest BCUT2D eigenvalue weighted by molar-refractivity contribution is 0.0426. The molecule has 9 atom stereocenters. The fourth-order valence-electron chi connectivity index (χ4n) is 16.4. The van der Waals surface area contributed by atoms with Crippen LogP contribution < -0.4 is 4.90 Å². The van der Waals surface area contributed by atoms with Crippen molar-refractivity contribution in [3.05, 3.63) is 210 Å². The van der Waals surface area contributed by atoms with E-state index in [1.54, 1.807) is 22.3 Å². The lowest BCUT2D eigenvalue weighted by atomic mass is 9.49. The van der Waals surface area contributed by atoms with Crippen LogP contribution in [0.1, 0.15) is 106 Å². The third kappa shape index (κ3) is 6.85. The van der Waals surface area contributed by atoms with Crippen LogP contribution in [-0.4, -0.2) is 0 Å². The summed E-state index contributed by atoms with van der Waals surface area (Å²) < 4.78 is 0. The first-order valence-electron chi connectivity index (χ1n) is 27.1. The van der Waals surface area contributed by atoms with E-state index in [2.05, 4.69) is 207 Å². The van der Waals surface area contributed by atoms with Gasteiger partial charge in [-0.3, -0.25) is 0 Å². The zero-order valence-electron chi connectivity index (χ0n) is 41.0. The van der Waals surface area contributed by atoms with Crippen LogP contribution in [-0.2, 0) is 5.41 Å². The van der Waals surface area contributed by atoms with Crippen LogP contribution in [0.15, 0.2) is 188 Å². The van der Waals surface area contributed by atoms with E-state index in [1.165, 1.54) is 120 Å². The van der Waals surface area contributed by atoms with E-state index in [9.17, 15) is 0 Å². The molecule has 6 aliphatic rings. The van der Waals surface area contributed by atoms with Crippen molar-refractivity contribution in [3.63, 3.8) is 0 Å². The van der Waals surface area contributed by atoms with Gasteiger partial charge in [0.15, 0.2) is 0 Å². The molecule has 4 fully saturated rings. The number of fused-ring (bicyclic) bond motifs is 13. The molecule has 0 heterocycles. The molecular formula is C69H65N. The average Bonchev–Trinajstić information content (AvgIpc) is 3.89. The molecule has 0 saturated heterocycles. The van der Waals surface area contributed by atoms with Crippen molar-refractivity contribution in [2.45, 2.75) is 89.4 Å². The molecule has 14 rings (SSSR count). The molecule has 0 N–H and O–H groups in total. The molecule has 1 nitrogen and oxygen atoms in total. The summed E-state index contributed by atoms with van der Waals surface area (Å²) in [6, 6.07) is 72.3. The number of hydrogen-bond donors (Lipinski definition) is 0. The minimum Gasteiger partial charge on any atom is -0.311 e. The Labute approximate surface area is 416 Å². The van der Waals surface area contributed by atoms with Gasteiger partial charge in [0, 0.05) is 28.4 Å². The second-order valence-electron chi connectivity index (χ2n) is 23.0. The fourth-order valence-corrected chi connectivity index (χ4v) is 16.4. The van der Waals surface area contributed by atoms with E-state index in [0.717, 1.165) is 46.7 Å². The van der Waals surface area contributed by atoms with Gasteiger partial charge >= 0.3 is 0 Å².